The lowest BCUT2D eigenvalue weighted by atomic mass is 9.94. The van der Waals surface area contributed by atoms with E-state index >= 15 is 0 Å². The predicted molar refractivity (Wildman–Crippen MR) is 81.5 cm³/mol. The Labute approximate surface area is 127 Å². The van der Waals surface area contributed by atoms with Gasteiger partial charge in [-0.2, -0.15) is 13.2 Å². The average Bonchev–Trinajstić information content (AvgIpc) is 2.27. The molecule has 1 aromatic rings. The van der Waals surface area contributed by atoms with Gasteiger partial charge < -0.3 is 4.43 Å². The molecule has 1 nitrogen and oxygen atoms in total. The van der Waals surface area contributed by atoms with Gasteiger partial charge in [-0.3, -0.25) is 0 Å². The van der Waals surface area contributed by atoms with Gasteiger partial charge in [-0.15, -0.1) is 0 Å². The molecular weight excluding hydrogens is 349 g/mol. The Morgan fingerprint density at radius 2 is 1.70 bits per heavy atom. The van der Waals surface area contributed by atoms with Crippen molar-refractivity contribution >= 4 is 24.2 Å². The summed E-state index contributed by atoms with van der Waals surface area (Å²) >= 11 is 3.23. The van der Waals surface area contributed by atoms with Gasteiger partial charge in [-0.25, -0.2) is 0 Å². The Balaban J connectivity index is 2.65. The first-order chi connectivity index (χ1) is 9.09. The summed E-state index contributed by atoms with van der Waals surface area (Å²) in [4.78, 5) is 0. The van der Waals surface area contributed by atoms with Crippen LogP contribution in [0.25, 0.3) is 0 Å². The van der Waals surface area contributed by atoms with Gasteiger partial charge in [0.1, 0.15) is 0 Å². The fourth-order valence-corrected chi connectivity index (χ4v) is 2.90. The maximum absolute atomic E-state index is 13.1. The maximum Gasteiger partial charge on any atom is 0.395 e. The highest BCUT2D eigenvalue weighted by molar-refractivity contribution is 9.10. The Morgan fingerprint density at radius 1 is 1.15 bits per heavy atom. The van der Waals surface area contributed by atoms with E-state index in [0.717, 1.165) is 4.47 Å². The summed E-state index contributed by atoms with van der Waals surface area (Å²) in [6.07, 6.45) is -3.73. The molecule has 0 bridgehead atoms. The second-order valence-electron chi connectivity index (χ2n) is 5.75. The molecule has 1 atom stereocenters. The lowest BCUT2D eigenvalue weighted by Crippen LogP contribution is -2.26. The fourth-order valence-electron chi connectivity index (χ4n) is 1.88. The molecule has 1 aromatic carbocycles. The smallest absolute Gasteiger partial charge is 0.395 e. The van der Waals surface area contributed by atoms with E-state index in [0.29, 0.717) is 18.6 Å². The van der Waals surface area contributed by atoms with Crippen LogP contribution in [0.2, 0.25) is 19.6 Å². The van der Waals surface area contributed by atoms with E-state index in [-0.39, 0.29) is 6.42 Å². The van der Waals surface area contributed by atoms with E-state index in [1.807, 2.05) is 19.6 Å². The second-order valence-corrected chi connectivity index (χ2v) is 11.2. The van der Waals surface area contributed by atoms with Crippen LogP contribution >= 0.6 is 15.9 Å². The third-order valence-corrected chi connectivity index (χ3v) is 4.44. The van der Waals surface area contributed by atoms with Crippen LogP contribution in [-0.4, -0.2) is 21.1 Å². The van der Waals surface area contributed by atoms with Crippen molar-refractivity contribution in [2.24, 2.45) is 0 Å². The molecular formula is C14H20BrF3OSi. The minimum absolute atomic E-state index is 0.0651. The largest absolute Gasteiger partial charge is 0.418 e. The molecule has 0 saturated carbocycles. The lowest BCUT2D eigenvalue weighted by Gasteiger charge is -2.22. The predicted octanol–water partition coefficient (Wildman–Crippen LogP) is 5.73. The Morgan fingerprint density at radius 3 is 2.15 bits per heavy atom. The average molecular weight is 369 g/mol. The van der Waals surface area contributed by atoms with Crippen LogP contribution in [0.15, 0.2) is 28.7 Å². The summed E-state index contributed by atoms with van der Waals surface area (Å²) in [6.45, 7) is 6.49. The molecule has 0 spiro atoms. The zero-order chi connectivity index (χ0) is 15.4. The van der Waals surface area contributed by atoms with Crippen molar-refractivity contribution < 1.29 is 17.6 Å². The van der Waals surface area contributed by atoms with Gasteiger partial charge in [0, 0.05) is 11.1 Å². The van der Waals surface area contributed by atoms with Gasteiger partial charge in [0.05, 0.1) is 5.92 Å². The van der Waals surface area contributed by atoms with Crippen LogP contribution in [0, 0.1) is 0 Å². The first-order valence-corrected chi connectivity index (χ1v) is 10.8. The number of rotatable bonds is 6. The molecule has 20 heavy (non-hydrogen) atoms. The van der Waals surface area contributed by atoms with Crippen molar-refractivity contribution in [3.8, 4) is 0 Å². The highest BCUT2D eigenvalue weighted by Gasteiger charge is 2.40. The molecule has 0 heterocycles. The SMILES string of the molecule is C[Si](C)(C)OCCCC(c1ccc(Br)cc1)C(F)(F)F. The zero-order valence-electron chi connectivity index (χ0n) is 11.9. The Kier molecular flexibility index (Phi) is 6.28. The molecule has 0 fully saturated rings. The molecule has 0 saturated heterocycles. The summed E-state index contributed by atoms with van der Waals surface area (Å²) < 4.78 is 45.8. The molecule has 114 valence electrons. The third kappa shape index (κ3) is 6.41. The minimum Gasteiger partial charge on any atom is -0.418 e. The molecule has 0 aliphatic heterocycles. The van der Waals surface area contributed by atoms with Gasteiger partial charge in [-0.05, 0) is 50.2 Å². The van der Waals surface area contributed by atoms with Crippen molar-refractivity contribution in [3.05, 3.63) is 34.3 Å². The minimum atomic E-state index is -4.22. The van der Waals surface area contributed by atoms with Gasteiger partial charge >= 0.3 is 6.18 Å². The molecule has 1 unspecified atom stereocenters. The standard InChI is InChI=1S/C14H20BrF3OSi/c1-20(2,3)19-10-4-5-13(14(16,17)18)11-6-8-12(15)9-7-11/h6-9,13H,4-5,10H2,1-3H3. The number of halogens is 4. The first-order valence-electron chi connectivity index (χ1n) is 6.56. The van der Waals surface area contributed by atoms with Crippen molar-refractivity contribution in [2.75, 3.05) is 6.61 Å². The molecule has 0 aliphatic rings. The second kappa shape index (κ2) is 7.09. The Hall–Kier alpha value is -0.333. The van der Waals surface area contributed by atoms with Gasteiger partial charge in [-0.1, -0.05) is 28.1 Å². The molecule has 1 rings (SSSR count). The molecule has 0 N–H and O–H groups in total. The number of alkyl halides is 3. The van der Waals surface area contributed by atoms with Crippen LogP contribution in [0.1, 0.15) is 24.3 Å². The number of benzene rings is 1. The molecule has 0 radical (unpaired) electrons. The lowest BCUT2D eigenvalue weighted by molar-refractivity contribution is -0.152. The van der Waals surface area contributed by atoms with Crippen LogP contribution < -0.4 is 0 Å². The van der Waals surface area contributed by atoms with Crippen molar-refractivity contribution in [3.63, 3.8) is 0 Å². The zero-order valence-corrected chi connectivity index (χ0v) is 14.5. The number of hydrogen-bond donors (Lipinski definition) is 0. The quantitative estimate of drug-likeness (QED) is 0.460. The fraction of sp³-hybridized carbons (Fsp3) is 0.571. The van der Waals surface area contributed by atoms with Crippen LogP contribution in [0.5, 0.6) is 0 Å². The van der Waals surface area contributed by atoms with Crippen LogP contribution in [0.4, 0.5) is 13.2 Å². The highest BCUT2D eigenvalue weighted by Crippen LogP contribution is 2.38. The van der Waals surface area contributed by atoms with E-state index in [9.17, 15) is 13.2 Å². The normalized spacial score (nSPS) is 14.3. The topological polar surface area (TPSA) is 9.23 Å². The third-order valence-electron chi connectivity index (χ3n) is 2.84. The van der Waals surface area contributed by atoms with Crippen molar-refractivity contribution in [1.82, 2.24) is 0 Å². The summed E-state index contributed by atoms with van der Waals surface area (Å²) in [7, 11) is -1.65. The molecule has 0 aromatic heterocycles. The van der Waals surface area contributed by atoms with Crippen molar-refractivity contribution in [1.29, 1.82) is 0 Å². The molecule has 0 aliphatic carbocycles. The maximum atomic E-state index is 13.1. The monoisotopic (exact) mass is 368 g/mol. The van der Waals surface area contributed by atoms with Crippen LogP contribution in [0.3, 0.4) is 0 Å². The highest BCUT2D eigenvalue weighted by atomic mass is 79.9. The van der Waals surface area contributed by atoms with E-state index < -0.39 is 20.4 Å². The Bertz CT molecular complexity index is 412. The van der Waals surface area contributed by atoms with Crippen molar-refractivity contribution in [2.45, 2.75) is 44.6 Å². The molecule has 6 heteroatoms. The van der Waals surface area contributed by atoms with E-state index in [2.05, 4.69) is 15.9 Å². The summed E-state index contributed by atoms with van der Waals surface area (Å²) in [5.74, 6) is -1.42. The van der Waals surface area contributed by atoms with Crippen LogP contribution in [-0.2, 0) is 4.43 Å². The summed E-state index contributed by atoms with van der Waals surface area (Å²) in [6, 6.07) is 6.35. The van der Waals surface area contributed by atoms with E-state index in [4.69, 9.17) is 4.43 Å². The summed E-state index contributed by atoms with van der Waals surface area (Å²) in [5, 5.41) is 0. The van der Waals surface area contributed by atoms with Gasteiger partial charge in [0.15, 0.2) is 8.32 Å². The van der Waals surface area contributed by atoms with Gasteiger partial charge in [0.2, 0.25) is 0 Å². The number of hydrogen-bond acceptors (Lipinski definition) is 1. The first kappa shape index (κ1) is 17.7. The van der Waals surface area contributed by atoms with Gasteiger partial charge in [0.25, 0.3) is 0 Å². The molecule has 0 amide bonds. The summed E-state index contributed by atoms with van der Waals surface area (Å²) in [5.41, 5.74) is 0.314. The van der Waals surface area contributed by atoms with E-state index in [1.54, 1.807) is 12.1 Å². The van der Waals surface area contributed by atoms with E-state index in [1.165, 1.54) is 12.1 Å².